The number of anilines is 1. The molecule has 1 unspecified atom stereocenters. The molecule has 1 rings (SSSR count). The van der Waals surface area contributed by atoms with Gasteiger partial charge in [-0.25, -0.2) is 13.1 Å². The van der Waals surface area contributed by atoms with Crippen molar-refractivity contribution < 1.29 is 12.6 Å². The monoisotopic (exact) mass is 304 g/mol. The summed E-state index contributed by atoms with van der Waals surface area (Å²) in [7, 11) is -4.53. The van der Waals surface area contributed by atoms with Crippen molar-refractivity contribution in [1.82, 2.24) is 4.72 Å². The minimum atomic E-state index is -3.62. The lowest BCUT2D eigenvalue weighted by atomic mass is 10.1. The highest BCUT2D eigenvalue weighted by atomic mass is 32.2. The van der Waals surface area contributed by atoms with E-state index in [1.807, 2.05) is 0 Å². The van der Waals surface area contributed by atoms with Crippen molar-refractivity contribution in [2.75, 3.05) is 24.3 Å². The molecule has 0 aliphatic rings. The molecule has 108 valence electrons. The summed E-state index contributed by atoms with van der Waals surface area (Å²) >= 11 is 0. The third-order valence-electron chi connectivity index (χ3n) is 2.78. The summed E-state index contributed by atoms with van der Waals surface area (Å²) in [6.45, 7) is 3.74. The Morgan fingerprint density at radius 2 is 1.84 bits per heavy atom. The molecule has 0 bridgehead atoms. The maximum atomic E-state index is 12.2. The Labute approximate surface area is 117 Å². The first-order chi connectivity index (χ1) is 8.75. The van der Waals surface area contributed by atoms with E-state index in [1.165, 1.54) is 0 Å². The Morgan fingerprint density at radius 3 is 2.42 bits per heavy atom. The van der Waals surface area contributed by atoms with E-state index < -0.39 is 20.8 Å². The minimum absolute atomic E-state index is 0.144. The van der Waals surface area contributed by atoms with Crippen molar-refractivity contribution in [1.29, 1.82) is 0 Å². The number of sulfonamides is 1. The van der Waals surface area contributed by atoms with Crippen LogP contribution in [0.4, 0.5) is 5.69 Å². The van der Waals surface area contributed by atoms with E-state index in [1.54, 1.807) is 32.2 Å². The molecule has 1 aromatic rings. The van der Waals surface area contributed by atoms with Gasteiger partial charge in [-0.1, -0.05) is 12.1 Å². The van der Waals surface area contributed by atoms with Gasteiger partial charge in [-0.15, -0.1) is 0 Å². The van der Waals surface area contributed by atoms with Crippen LogP contribution in [0.1, 0.15) is 17.5 Å². The molecular formula is C12H20N2O3S2. The van der Waals surface area contributed by atoms with E-state index in [-0.39, 0.29) is 17.1 Å². The highest BCUT2D eigenvalue weighted by Crippen LogP contribution is 2.25. The first-order valence-electron chi connectivity index (χ1n) is 5.91. The topological polar surface area (TPSA) is 89.3 Å². The number of benzene rings is 1. The predicted octanol–water partition coefficient (Wildman–Crippen LogP) is 0.933. The highest BCUT2D eigenvalue weighted by Gasteiger charge is 2.20. The van der Waals surface area contributed by atoms with Crippen molar-refractivity contribution in [3.05, 3.63) is 23.3 Å². The Morgan fingerprint density at radius 1 is 1.26 bits per heavy atom. The van der Waals surface area contributed by atoms with E-state index >= 15 is 0 Å². The number of nitrogens with one attached hydrogen (secondary N) is 1. The number of nitrogens with two attached hydrogens (primary N) is 1. The first-order valence-corrected chi connectivity index (χ1v) is 9.12. The molecule has 0 heterocycles. The maximum absolute atomic E-state index is 12.2. The highest BCUT2D eigenvalue weighted by molar-refractivity contribution is 7.89. The van der Waals surface area contributed by atoms with Crippen LogP contribution in [0.5, 0.6) is 0 Å². The minimum Gasteiger partial charge on any atom is -0.397 e. The molecule has 0 saturated carbocycles. The summed E-state index contributed by atoms with van der Waals surface area (Å²) < 4.78 is 37.8. The first kappa shape index (κ1) is 16.1. The van der Waals surface area contributed by atoms with Crippen LogP contribution >= 0.6 is 0 Å². The van der Waals surface area contributed by atoms with Crippen LogP contribution in [0.25, 0.3) is 0 Å². The van der Waals surface area contributed by atoms with Crippen molar-refractivity contribution in [3.8, 4) is 0 Å². The molecule has 0 spiro atoms. The second-order valence-electron chi connectivity index (χ2n) is 4.47. The van der Waals surface area contributed by atoms with Gasteiger partial charge in [0, 0.05) is 29.4 Å². The average molecular weight is 304 g/mol. The molecule has 19 heavy (non-hydrogen) atoms. The van der Waals surface area contributed by atoms with Crippen molar-refractivity contribution in [2.45, 2.75) is 25.2 Å². The fourth-order valence-corrected chi connectivity index (χ4v) is 3.77. The largest absolute Gasteiger partial charge is 0.397 e. The predicted molar refractivity (Wildman–Crippen MR) is 79.1 cm³/mol. The van der Waals surface area contributed by atoms with Gasteiger partial charge in [-0.05, 0) is 31.4 Å². The van der Waals surface area contributed by atoms with E-state index in [0.717, 1.165) is 5.56 Å². The van der Waals surface area contributed by atoms with Crippen molar-refractivity contribution >= 4 is 26.5 Å². The molecule has 0 aliphatic carbocycles. The summed E-state index contributed by atoms with van der Waals surface area (Å²) in [5.74, 6) is 0.477. The number of hydrogen-bond acceptors (Lipinski definition) is 4. The zero-order valence-electron chi connectivity index (χ0n) is 11.4. The quantitative estimate of drug-likeness (QED) is 0.604. The van der Waals surface area contributed by atoms with E-state index in [2.05, 4.69) is 4.72 Å². The number of aryl methyl sites for hydroxylation is 2. The van der Waals surface area contributed by atoms with Crippen molar-refractivity contribution in [2.24, 2.45) is 0 Å². The molecule has 0 amide bonds. The third kappa shape index (κ3) is 4.29. The SMILES string of the molecule is Cc1ccc(C)c(S(=O)(=O)NCCCS(C)=O)c1N. The second kappa shape index (κ2) is 6.49. The smallest absolute Gasteiger partial charge is 0.242 e. The third-order valence-corrected chi connectivity index (χ3v) is 5.31. The van der Waals surface area contributed by atoms with Gasteiger partial charge in [0.25, 0.3) is 0 Å². The van der Waals surface area contributed by atoms with Gasteiger partial charge in [0.05, 0.1) is 5.69 Å². The maximum Gasteiger partial charge on any atom is 0.242 e. The van der Waals surface area contributed by atoms with Crippen LogP contribution in [-0.2, 0) is 20.8 Å². The van der Waals surface area contributed by atoms with Gasteiger partial charge >= 0.3 is 0 Å². The number of nitrogen functional groups attached to an aromatic ring is 1. The Kier molecular flexibility index (Phi) is 5.51. The summed E-state index contributed by atoms with van der Waals surface area (Å²) in [4.78, 5) is 0.144. The molecule has 1 aromatic carbocycles. The normalized spacial score (nSPS) is 13.4. The fourth-order valence-electron chi connectivity index (χ4n) is 1.72. The molecule has 3 N–H and O–H groups in total. The van der Waals surface area contributed by atoms with Gasteiger partial charge in [-0.2, -0.15) is 0 Å². The molecule has 1 atom stereocenters. The van der Waals surface area contributed by atoms with Gasteiger partial charge < -0.3 is 5.73 Å². The van der Waals surface area contributed by atoms with Crippen LogP contribution in [0.15, 0.2) is 17.0 Å². The van der Waals surface area contributed by atoms with Gasteiger partial charge in [-0.3, -0.25) is 4.21 Å². The van der Waals surface area contributed by atoms with E-state index in [9.17, 15) is 12.6 Å². The van der Waals surface area contributed by atoms with Crippen LogP contribution in [-0.4, -0.2) is 31.2 Å². The molecule has 0 aliphatic heterocycles. The zero-order valence-corrected chi connectivity index (χ0v) is 13.0. The van der Waals surface area contributed by atoms with Crippen molar-refractivity contribution in [3.63, 3.8) is 0 Å². The second-order valence-corrected chi connectivity index (χ2v) is 7.73. The standard InChI is InChI=1S/C12H20N2O3S2/c1-9-5-6-10(2)12(11(9)13)19(16,17)14-7-4-8-18(3)15/h5-6,14H,4,7-8,13H2,1-3H3. The lowest BCUT2D eigenvalue weighted by Gasteiger charge is -2.13. The van der Waals surface area contributed by atoms with Crippen LogP contribution in [0, 0.1) is 13.8 Å². The molecular weight excluding hydrogens is 284 g/mol. The fraction of sp³-hybridized carbons (Fsp3) is 0.500. The lowest BCUT2D eigenvalue weighted by Crippen LogP contribution is -2.27. The molecule has 5 nitrogen and oxygen atoms in total. The van der Waals surface area contributed by atoms with Crippen LogP contribution in [0.3, 0.4) is 0 Å². The van der Waals surface area contributed by atoms with Gasteiger partial charge in [0.15, 0.2) is 0 Å². The van der Waals surface area contributed by atoms with E-state index in [0.29, 0.717) is 17.7 Å². The Balaban J connectivity index is 2.89. The summed E-state index contributed by atoms with van der Waals surface area (Å²) in [5, 5.41) is 0. The van der Waals surface area contributed by atoms with Crippen LogP contribution < -0.4 is 10.5 Å². The van der Waals surface area contributed by atoms with E-state index in [4.69, 9.17) is 5.73 Å². The molecule has 0 saturated heterocycles. The summed E-state index contributed by atoms with van der Waals surface area (Å²) in [6.07, 6.45) is 2.13. The Hall–Kier alpha value is -0.920. The molecule has 0 radical (unpaired) electrons. The summed E-state index contributed by atoms with van der Waals surface area (Å²) in [6, 6.07) is 3.53. The number of rotatable bonds is 6. The number of hydrogen-bond donors (Lipinski definition) is 2. The average Bonchev–Trinajstić information content (AvgIpc) is 2.29. The zero-order chi connectivity index (χ0) is 14.6. The molecule has 7 heteroatoms. The van der Waals surface area contributed by atoms with Gasteiger partial charge in [0.1, 0.15) is 4.90 Å². The summed E-state index contributed by atoms with van der Waals surface area (Å²) in [5.41, 5.74) is 7.49. The molecule has 0 fully saturated rings. The van der Waals surface area contributed by atoms with Crippen LogP contribution in [0.2, 0.25) is 0 Å². The Bertz CT molecular complexity index is 583. The lowest BCUT2D eigenvalue weighted by molar-refractivity contribution is 0.580. The van der Waals surface area contributed by atoms with Gasteiger partial charge in [0.2, 0.25) is 10.0 Å². The molecule has 0 aromatic heterocycles.